The summed E-state index contributed by atoms with van der Waals surface area (Å²) in [6.45, 7) is 5.09. The maximum absolute atomic E-state index is 12.1. The van der Waals surface area contributed by atoms with Crippen molar-refractivity contribution in [3.63, 3.8) is 0 Å². The van der Waals surface area contributed by atoms with Crippen molar-refractivity contribution >= 4 is 5.91 Å². The molecular formula is C11H20N2O2. The molecule has 2 heterocycles. The number of nitrogens with zero attached hydrogens (tertiary/aromatic N) is 2. The molecule has 0 aromatic rings. The van der Waals surface area contributed by atoms with Crippen molar-refractivity contribution in [1.29, 1.82) is 0 Å². The van der Waals surface area contributed by atoms with Gasteiger partial charge in [-0.15, -0.1) is 0 Å². The molecule has 15 heavy (non-hydrogen) atoms. The molecule has 0 spiro atoms. The number of amides is 1. The average molecular weight is 212 g/mol. The Morgan fingerprint density at radius 3 is 2.33 bits per heavy atom. The first kappa shape index (κ1) is 10.9. The van der Waals surface area contributed by atoms with Crippen LogP contribution in [0.1, 0.15) is 12.8 Å². The van der Waals surface area contributed by atoms with E-state index in [0.29, 0.717) is 19.1 Å². The minimum absolute atomic E-state index is 0.263. The number of carbonyl (C=O) groups is 1. The van der Waals surface area contributed by atoms with Gasteiger partial charge in [0.1, 0.15) is 0 Å². The Balaban J connectivity index is 1.84. The summed E-state index contributed by atoms with van der Waals surface area (Å²) in [5.41, 5.74) is 0. The molecule has 2 fully saturated rings. The average Bonchev–Trinajstić information content (AvgIpc) is 2.30. The molecule has 0 unspecified atom stereocenters. The highest BCUT2D eigenvalue weighted by Gasteiger charge is 2.28. The van der Waals surface area contributed by atoms with Crippen LogP contribution in [0.4, 0.5) is 0 Å². The van der Waals surface area contributed by atoms with Gasteiger partial charge in [-0.05, 0) is 33.0 Å². The van der Waals surface area contributed by atoms with Crippen molar-refractivity contribution < 1.29 is 9.53 Å². The second-order valence-corrected chi connectivity index (χ2v) is 4.52. The van der Waals surface area contributed by atoms with Crippen molar-refractivity contribution in [2.75, 3.05) is 46.4 Å². The SMILES string of the molecule is CN1CCC(C(=O)N2CCOCC2)CC1. The fourth-order valence-electron chi connectivity index (χ4n) is 2.30. The van der Waals surface area contributed by atoms with Crippen molar-refractivity contribution in [3.05, 3.63) is 0 Å². The van der Waals surface area contributed by atoms with Gasteiger partial charge >= 0.3 is 0 Å². The Kier molecular flexibility index (Phi) is 3.59. The predicted octanol–water partition coefficient (Wildman–Crippen LogP) is 0.187. The summed E-state index contributed by atoms with van der Waals surface area (Å²) in [4.78, 5) is 16.4. The molecule has 2 aliphatic heterocycles. The maximum Gasteiger partial charge on any atom is 0.225 e. The maximum atomic E-state index is 12.1. The zero-order valence-electron chi connectivity index (χ0n) is 9.45. The summed E-state index contributed by atoms with van der Waals surface area (Å²) < 4.78 is 5.25. The predicted molar refractivity (Wildman–Crippen MR) is 57.6 cm³/mol. The monoisotopic (exact) mass is 212 g/mol. The molecule has 0 bridgehead atoms. The highest BCUT2D eigenvalue weighted by molar-refractivity contribution is 5.79. The molecule has 0 N–H and O–H groups in total. The Bertz CT molecular complexity index is 219. The minimum Gasteiger partial charge on any atom is -0.378 e. The molecule has 0 atom stereocenters. The first-order valence-electron chi connectivity index (χ1n) is 5.82. The number of rotatable bonds is 1. The van der Waals surface area contributed by atoms with E-state index in [4.69, 9.17) is 4.74 Å². The molecule has 0 aliphatic carbocycles. The van der Waals surface area contributed by atoms with Gasteiger partial charge in [0.15, 0.2) is 0 Å². The van der Waals surface area contributed by atoms with E-state index in [1.54, 1.807) is 0 Å². The summed E-state index contributed by atoms with van der Waals surface area (Å²) in [5.74, 6) is 0.616. The molecule has 2 rings (SSSR count). The van der Waals surface area contributed by atoms with Crippen molar-refractivity contribution in [3.8, 4) is 0 Å². The summed E-state index contributed by atoms with van der Waals surface area (Å²) >= 11 is 0. The topological polar surface area (TPSA) is 32.8 Å². The zero-order chi connectivity index (χ0) is 10.7. The van der Waals surface area contributed by atoms with Crippen LogP contribution in [0.25, 0.3) is 0 Å². The van der Waals surface area contributed by atoms with Crippen molar-refractivity contribution in [1.82, 2.24) is 9.80 Å². The number of likely N-dealkylation sites (tertiary alicyclic amines) is 1. The minimum atomic E-state index is 0.263. The van der Waals surface area contributed by atoms with Gasteiger partial charge in [0.2, 0.25) is 5.91 Å². The molecular weight excluding hydrogens is 192 g/mol. The highest BCUT2D eigenvalue weighted by Crippen LogP contribution is 2.19. The Morgan fingerprint density at radius 1 is 1.13 bits per heavy atom. The van der Waals surface area contributed by atoms with E-state index in [2.05, 4.69) is 11.9 Å². The highest BCUT2D eigenvalue weighted by atomic mass is 16.5. The number of carbonyl (C=O) groups excluding carboxylic acids is 1. The second kappa shape index (κ2) is 4.94. The third kappa shape index (κ3) is 2.69. The van der Waals surface area contributed by atoms with E-state index in [0.717, 1.165) is 39.0 Å². The van der Waals surface area contributed by atoms with Crippen LogP contribution in [0.3, 0.4) is 0 Å². The van der Waals surface area contributed by atoms with Gasteiger partial charge in [-0.25, -0.2) is 0 Å². The Hall–Kier alpha value is -0.610. The van der Waals surface area contributed by atoms with Gasteiger partial charge < -0.3 is 14.5 Å². The van der Waals surface area contributed by atoms with Crippen LogP contribution < -0.4 is 0 Å². The number of ether oxygens (including phenoxy) is 1. The fourth-order valence-corrected chi connectivity index (χ4v) is 2.30. The molecule has 0 radical (unpaired) electrons. The van der Waals surface area contributed by atoms with Crippen LogP contribution in [-0.4, -0.2) is 62.1 Å². The number of hydrogen-bond donors (Lipinski definition) is 0. The van der Waals surface area contributed by atoms with Crippen molar-refractivity contribution in [2.45, 2.75) is 12.8 Å². The molecule has 4 nitrogen and oxygen atoms in total. The molecule has 0 saturated carbocycles. The molecule has 2 aliphatic rings. The third-order valence-corrected chi connectivity index (χ3v) is 3.39. The summed E-state index contributed by atoms with van der Waals surface area (Å²) in [6, 6.07) is 0. The quantitative estimate of drug-likeness (QED) is 0.622. The lowest BCUT2D eigenvalue weighted by Gasteiger charge is -2.34. The molecule has 0 aromatic heterocycles. The standard InChI is InChI=1S/C11H20N2O2/c1-12-4-2-10(3-5-12)11(14)13-6-8-15-9-7-13/h10H,2-9H2,1H3. The lowest BCUT2D eigenvalue weighted by molar-refractivity contribution is -0.141. The third-order valence-electron chi connectivity index (χ3n) is 3.39. The van der Waals surface area contributed by atoms with Gasteiger partial charge in [0, 0.05) is 19.0 Å². The summed E-state index contributed by atoms with van der Waals surface area (Å²) in [5, 5.41) is 0. The van der Waals surface area contributed by atoms with Gasteiger partial charge in [-0.3, -0.25) is 4.79 Å². The Morgan fingerprint density at radius 2 is 1.73 bits per heavy atom. The van der Waals surface area contributed by atoms with Crippen LogP contribution in [0.5, 0.6) is 0 Å². The second-order valence-electron chi connectivity index (χ2n) is 4.52. The Labute approximate surface area is 91.2 Å². The van der Waals surface area contributed by atoms with Gasteiger partial charge in [0.05, 0.1) is 13.2 Å². The van der Waals surface area contributed by atoms with E-state index in [-0.39, 0.29) is 5.92 Å². The largest absolute Gasteiger partial charge is 0.378 e. The zero-order valence-corrected chi connectivity index (χ0v) is 9.45. The van der Waals surface area contributed by atoms with E-state index in [1.165, 1.54) is 0 Å². The van der Waals surface area contributed by atoms with E-state index < -0.39 is 0 Å². The fraction of sp³-hybridized carbons (Fsp3) is 0.909. The van der Waals surface area contributed by atoms with E-state index in [9.17, 15) is 4.79 Å². The smallest absolute Gasteiger partial charge is 0.225 e. The lowest BCUT2D eigenvalue weighted by atomic mass is 9.95. The first-order valence-corrected chi connectivity index (χ1v) is 5.82. The van der Waals surface area contributed by atoms with E-state index in [1.807, 2.05) is 4.90 Å². The van der Waals surface area contributed by atoms with Crippen LogP contribution in [0.2, 0.25) is 0 Å². The number of piperidine rings is 1. The first-order chi connectivity index (χ1) is 7.27. The summed E-state index contributed by atoms with van der Waals surface area (Å²) in [7, 11) is 2.12. The van der Waals surface area contributed by atoms with Crippen LogP contribution in [0, 0.1) is 5.92 Å². The van der Waals surface area contributed by atoms with Crippen LogP contribution >= 0.6 is 0 Å². The van der Waals surface area contributed by atoms with Crippen LogP contribution in [-0.2, 0) is 9.53 Å². The van der Waals surface area contributed by atoms with Gasteiger partial charge in [-0.2, -0.15) is 0 Å². The molecule has 1 amide bonds. The summed E-state index contributed by atoms with van der Waals surface area (Å²) in [6.07, 6.45) is 2.04. The molecule has 2 saturated heterocycles. The van der Waals surface area contributed by atoms with E-state index >= 15 is 0 Å². The van der Waals surface area contributed by atoms with Crippen molar-refractivity contribution in [2.24, 2.45) is 5.92 Å². The van der Waals surface area contributed by atoms with Gasteiger partial charge in [0.25, 0.3) is 0 Å². The molecule has 0 aromatic carbocycles. The molecule has 4 heteroatoms. The van der Waals surface area contributed by atoms with Gasteiger partial charge in [-0.1, -0.05) is 0 Å². The number of morpholine rings is 1. The lowest BCUT2D eigenvalue weighted by Crippen LogP contribution is -2.46. The normalized spacial score (nSPS) is 25.5. The van der Waals surface area contributed by atoms with Crippen LogP contribution in [0.15, 0.2) is 0 Å². The molecule has 86 valence electrons. The number of hydrogen-bond acceptors (Lipinski definition) is 3.